The molecule has 156 valence electrons. The van der Waals surface area contributed by atoms with E-state index in [-0.39, 0.29) is 17.3 Å². The van der Waals surface area contributed by atoms with Crippen molar-refractivity contribution in [2.75, 3.05) is 32.2 Å². The average Bonchev–Trinajstić information content (AvgIpc) is 3.27. The molecule has 0 bridgehead atoms. The lowest BCUT2D eigenvalue weighted by atomic mass is 10.0. The van der Waals surface area contributed by atoms with Crippen molar-refractivity contribution in [3.8, 4) is 5.75 Å². The standard InChI is InChI=1S/C21H24FN3O2.CH4O/c1-27-19-5-4-16(22)12-15(19)14-21(7-8-21)24-20(26)18-13-17(6-9-23-18)25-10-2-3-11-25;1-2/h4-6,9,12-13H,2-3,7-8,10-11,14H2,1H3,(H,24,26);2H,1H3. The number of nitrogens with zero attached hydrogens (tertiary/aromatic N) is 2. The first-order valence-electron chi connectivity index (χ1n) is 9.89. The van der Waals surface area contributed by atoms with Gasteiger partial charge in [0.1, 0.15) is 17.3 Å². The van der Waals surface area contributed by atoms with Crippen LogP contribution in [0.3, 0.4) is 0 Å². The molecule has 0 atom stereocenters. The Bertz CT molecular complexity index is 849. The van der Waals surface area contributed by atoms with Crippen molar-refractivity contribution < 1.29 is 19.0 Å². The SMILES string of the molecule is CO.COc1ccc(F)cc1CC1(NC(=O)c2cc(N3CCCC3)ccn2)CC1. The summed E-state index contributed by atoms with van der Waals surface area (Å²) in [5.74, 6) is 0.169. The fourth-order valence-corrected chi connectivity index (χ4v) is 3.77. The lowest BCUT2D eigenvalue weighted by Gasteiger charge is -2.20. The maximum Gasteiger partial charge on any atom is 0.270 e. The van der Waals surface area contributed by atoms with E-state index in [0.717, 1.165) is 44.3 Å². The van der Waals surface area contributed by atoms with E-state index in [1.807, 2.05) is 12.1 Å². The molecular weight excluding hydrogens is 373 g/mol. The Kier molecular flexibility index (Phi) is 6.69. The van der Waals surface area contributed by atoms with Crippen LogP contribution in [0.5, 0.6) is 5.75 Å². The fourth-order valence-electron chi connectivity index (χ4n) is 3.77. The van der Waals surface area contributed by atoms with E-state index in [0.29, 0.717) is 17.9 Å². The second kappa shape index (κ2) is 9.22. The van der Waals surface area contributed by atoms with Crippen molar-refractivity contribution in [2.45, 2.75) is 37.6 Å². The van der Waals surface area contributed by atoms with Gasteiger partial charge in [0.25, 0.3) is 5.91 Å². The highest BCUT2D eigenvalue weighted by Crippen LogP contribution is 2.40. The van der Waals surface area contributed by atoms with Crippen LogP contribution in [0.4, 0.5) is 10.1 Å². The first kappa shape index (κ1) is 21.0. The van der Waals surface area contributed by atoms with Crippen molar-refractivity contribution in [1.82, 2.24) is 10.3 Å². The topological polar surface area (TPSA) is 74.7 Å². The number of hydrogen-bond donors (Lipinski definition) is 2. The van der Waals surface area contributed by atoms with Crippen molar-refractivity contribution in [2.24, 2.45) is 0 Å². The number of halogens is 1. The number of ether oxygens (including phenoxy) is 1. The zero-order valence-corrected chi connectivity index (χ0v) is 16.9. The molecule has 1 aromatic carbocycles. The zero-order chi connectivity index (χ0) is 20.9. The molecule has 7 heteroatoms. The Morgan fingerprint density at radius 1 is 1.24 bits per heavy atom. The van der Waals surface area contributed by atoms with Gasteiger partial charge in [-0.3, -0.25) is 9.78 Å². The number of anilines is 1. The summed E-state index contributed by atoms with van der Waals surface area (Å²) >= 11 is 0. The number of aliphatic hydroxyl groups excluding tert-OH is 1. The Morgan fingerprint density at radius 3 is 2.62 bits per heavy atom. The highest BCUT2D eigenvalue weighted by atomic mass is 19.1. The van der Waals surface area contributed by atoms with Crippen molar-refractivity contribution in [1.29, 1.82) is 0 Å². The van der Waals surface area contributed by atoms with E-state index in [1.54, 1.807) is 19.4 Å². The number of amides is 1. The van der Waals surface area contributed by atoms with Gasteiger partial charge >= 0.3 is 0 Å². The highest BCUT2D eigenvalue weighted by Gasteiger charge is 2.44. The van der Waals surface area contributed by atoms with Crippen molar-refractivity contribution in [3.63, 3.8) is 0 Å². The van der Waals surface area contributed by atoms with Crippen LogP contribution in [-0.2, 0) is 6.42 Å². The van der Waals surface area contributed by atoms with Crippen molar-refractivity contribution in [3.05, 3.63) is 53.6 Å². The largest absolute Gasteiger partial charge is 0.496 e. The number of aromatic nitrogens is 1. The van der Waals surface area contributed by atoms with Crippen LogP contribution in [0, 0.1) is 5.82 Å². The molecule has 6 nitrogen and oxygen atoms in total. The Morgan fingerprint density at radius 2 is 1.97 bits per heavy atom. The lowest BCUT2D eigenvalue weighted by Crippen LogP contribution is -2.39. The molecule has 1 aliphatic heterocycles. The molecule has 2 aromatic rings. The third-order valence-electron chi connectivity index (χ3n) is 5.45. The number of carbonyl (C=O) groups excluding carboxylic acids is 1. The van der Waals surface area contributed by atoms with Gasteiger partial charge in [0.15, 0.2) is 0 Å². The minimum Gasteiger partial charge on any atom is -0.496 e. The summed E-state index contributed by atoms with van der Waals surface area (Å²) in [6.45, 7) is 2.04. The van der Waals surface area contributed by atoms with E-state index in [1.165, 1.54) is 25.0 Å². The molecule has 0 radical (unpaired) electrons. The number of hydrogen-bond acceptors (Lipinski definition) is 5. The van der Waals surface area contributed by atoms with Crippen LogP contribution in [0.2, 0.25) is 0 Å². The quantitative estimate of drug-likeness (QED) is 0.779. The Balaban J connectivity index is 0.00000117. The molecule has 2 heterocycles. The summed E-state index contributed by atoms with van der Waals surface area (Å²) in [6, 6.07) is 8.31. The van der Waals surface area contributed by atoms with Crippen molar-refractivity contribution >= 4 is 11.6 Å². The molecular formula is C22H28FN3O3. The fraction of sp³-hybridized carbons (Fsp3) is 0.455. The number of methoxy groups -OCH3 is 1. The minimum absolute atomic E-state index is 0.177. The first-order valence-corrected chi connectivity index (χ1v) is 9.89. The van der Waals surface area contributed by atoms with Gasteiger partial charge in [0.2, 0.25) is 0 Å². The Labute approximate surface area is 170 Å². The summed E-state index contributed by atoms with van der Waals surface area (Å²) < 4.78 is 19.0. The molecule has 2 aliphatic rings. The van der Waals surface area contributed by atoms with Crippen LogP contribution in [0.25, 0.3) is 0 Å². The highest BCUT2D eigenvalue weighted by molar-refractivity contribution is 5.94. The summed E-state index contributed by atoms with van der Waals surface area (Å²) in [6.07, 6.45) is 6.34. The smallest absolute Gasteiger partial charge is 0.270 e. The van der Waals surface area contributed by atoms with Crippen LogP contribution in [0.15, 0.2) is 36.5 Å². The van der Waals surface area contributed by atoms with Gasteiger partial charge in [-0.05, 0) is 68.0 Å². The molecule has 0 unspecified atom stereocenters. The van der Waals surface area contributed by atoms with E-state index < -0.39 is 0 Å². The summed E-state index contributed by atoms with van der Waals surface area (Å²) in [7, 11) is 2.57. The van der Waals surface area contributed by atoms with Gasteiger partial charge in [-0.1, -0.05) is 0 Å². The van der Waals surface area contributed by atoms with Gasteiger partial charge in [-0.25, -0.2) is 4.39 Å². The van der Waals surface area contributed by atoms with Crippen LogP contribution in [-0.4, -0.2) is 48.8 Å². The molecule has 1 aromatic heterocycles. The molecule has 1 aliphatic carbocycles. The average molecular weight is 401 g/mol. The normalized spacial score (nSPS) is 16.6. The maximum atomic E-state index is 13.6. The number of aliphatic hydroxyl groups is 1. The van der Waals surface area contributed by atoms with E-state index in [9.17, 15) is 9.18 Å². The predicted molar refractivity (Wildman–Crippen MR) is 110 cm³/mol. The van der Waals surface area contributed by atoms with Crippen LogP contribution >= 0.6 is 0 Å². The predicted octanol–water partition coefficient (Wildman–Crippen LogP) is 2.94. The van der Waals surface area contributed by atoms with Gasteiger partial charge < -0.3 is 20.1 Å². The second-order valence-corrected chi connectivity index (χ2v) is 7.46. The molecule has 2 N–H and O–H groups in total. The minimum atomic E-state index is -0.344. The van der Waals surface area contributed by atoms with Gasteiger partial charge in [-0.2, -0.15) is 0 Å². The molecule has 29 heavy (non-hydrogen) atoms. The van der Waals surface area contributed by atoms with Gasteiger partial charge in [0, 0.05) is 37.6 Å². The first-order chi connectivity index (χ1) is 14.1. The maximum absolute atomic E-state index is 13.6. The molecule has 2 fully saturated rings. The molecule has 1 saturated carbocycles. The van der Waals surface area contributed by atoms with Crippen LogP contribution in [0.1, 0.15) is 41.7 Å². The molecule has 1 saturated heterocycles. The second-order valence-electron chi connectivity index (χ2n) is 7.46. The summed E-state index contributed by atoms with van der Waals surface area (Å²) in [5, 5.41) is 10.1. The summed E-state index contributed by atoms with van der Waals surface area (Å²) in [4.78, 5) is 19.3. The number of pyridine rings is 1. The molecule has 1 amide bonds. The van der Waals surface area contributed by atoms with Crippen LogP contribution < -0.4 is 15.0 Å². The number of rotatable bonds is 6. The summed E-state index contributed by atoms with van der Waals surface area (Å²) in [5.41, 5.74) is 1.90. The zero-order valence-electron chi connectivity index (χ0n) is 16.9. The molecule has 0 spiro atoms. The van der Waals surface area contributed by atoms with E-state index >= 15 is 0 Å². The molecule has 4 rings (SSSR count). The lowest BCUT2D eigenvalue weighted by molar-refractivity contribution is 0.0926. The third kappa shape index (κ3) is 5.03. The van der Waals surface area contributed by atoms with Gasteiger partial charge in [-0.15, -0.1) is 0 Å². The van der Waals surface area contributed by atoms with E-state index in [4.69, 9.17) is 9.84 Å². The Hall–Kier alpha value is -2.67. The number of carbonyl (C=O) groups is 1. The van der Waals surface area contributed by atoms with E-state index in [2.05, 4.69) is 15.2 Å². The van der Waals surface area contributed by atoms with Gasteiger partial charge in [0.05, 0.1) is 7.11 Å². The monoisotopic (exact) mass is 401 g/mol. The number of benzene rings is 1. The number of nitrogens with one attached hydrogen (secondary N) is 1. The third-order valence-corrected chi connectivity index (χ3v) is 5.45.